The number of hydrogen-bond donors (Lipinski definition) is 0. The summed E-state index contributed by atoms with van der Waals surface area (Å²) >= 11 is 0. The standard InChI is InChI=1S/C13H22N2/c1-10(2)13(6)9-14-7-11(8-15-13)12(3,4)5/h7-10H,1-6H3. The van der Waals surface area contributed by atoms with Crippen molar-refractivity contribution in [3.05, 3.63) is 11.8 Å². The van der Waals surface area contributed by atoms with Crippen molar-refractivity contribution in [2.45, 2.75) is 47.1 Å². The van der Waals surface area contributed by atoms with Crippen molar-refractivity contribution in [3.63, 3.8) is 0 Å². The Balaban J connectivity index is 3.00. The Labute approximate surface area is 93.2 Å². The zero-order chi connectivity index (χ0) is 11.7. The zero-order valence-corrected chi connectivity index (χ0v) is 10.7. The molecule has 0 saturated heterocycles. The highest BCUT2D eigenvalue weighted by molar-refractivity contribution is 5.86. The first kappa shape index (κ1) is 12.2. The highest BCUT2D eigenvalue weighted by atomic mass is 14.9. The molecule has 2 heteroatoms. The predicted octanol–water partition coefficient (Wildman–Crippen LogP) is 3.49. The van der Waals surface area contributed by atoms with Gasteiger partial charge < -0.3 is 0 Å². The van der Waals surface area contributed by atoms with E-state index in [0.717, 1.165) is 0 Å². The Hall–Kier alpha value is -0.920. The second-order valence-electron chi connectivity index (χ2n) is 5.75. The van der Waals surface area contributed by atoms with E-state index in [-0.39, 0.29) is 11.0 Å². The van der Waals surface area contributed by atoms with Crippen molar-refractivity contribution >= 4 is 12.4 Å². The minimum absolute atomic E-state index is 0.114. The summed E-state index contributed by atoms with van der Waals surface area (Å²) in [6.45, 7) is 13.0. The molecule has 2 nitrogen and oxygen atoms in total. The van der Waals surface area contributed by atoms with Crippen LogP contribution in [0.25, 0.3) is 0 Å². The number of allylic oxidation sites excluding steroid dienone is 1. The summed E-state index contributed by atoms with van der Waals surface area (Å²) < 4.78 is 0. The van der Waals surface area contributed by atoms with Gasteiger partial charge in [-0.3, -0.25) is 9.98 Å². The second kappa shape index (κ2) is 3.92. The predicted molar refractivity (Wildman–Crippen MR) is 67.8 cm³/mol. The summed E-state index contributed by atoms with van der Waals surface area (Å²) in [5.41, 5.74) is 1.13. The van der Waals surface area contributed by atoms with Gasteiger partial charge in [0.05, 0.1) is 5.54 Å². The molecule has 0 aromatic rings. The minimum atomic E-state index is -0.163. The van der Waals surface area contributed by atoms with Gasteiger partial charge in [0.2, 0.25) is 0 Å². The molecule has 0 fully saturated rings. The summed E-state index contributed by atoms with van der Waals surface area (Å²) in [4.78, 5) is 9.04. The Kier molecular flexibility index (Phi) is 3.17. The molecule has 0 radical (unpaired) electrons. The summed E-state index contributed by atoms with van der Waals surface area (Å²) in [6.07, 6.45) is 5.86. The van der Waals surface area contributed by atoms with E-state index < -0.39 is 0 Å². The van der Waals surface area contributed by atoms with Crippen LogP contribution in [0.5, 0.6) is 0 Å². The maximum absolute atomic E-state index is 4.66. The lowest BCUT2D eigenvalue weighted by atomic mass is 9.87. The zero-order valence-electron chi connectivity index (χ0n) is 10.7. The van der Waals surface area contributed by atoms with Crippen LogP contribution in [0.1, 0.15) is 41.5 Å². The molecule has 0 saturated carbocycles. The molecule has 0 aromatic heterocycles. The smallest absolute Gasteiger partial charge is 0.0951 e. The van der Waals surface area contributed by atoms with Crippen LogP contribution < -0.4 is 0 Å². The van der Waals surface area contributed by atoms with Crippen molar-refractivity contribution in [3.8, 4) is 0 Å². The monoisotopic (exact) mass is 206 g/mol. The lowest BCUT2D eigenvalue weighted by Crippen LogP contribution is -2.30. The third kappa shape index (κ3) is 2.77. The fourth-order valence-corrected chi connectivity index (χ4v) is 1.23. The first-order valence-electron chi connectivity index (χ1n) is 5.56. The fourth-order valence-electron chi connectivity index (χ4n) is 1.23. The van der Waals surface area contributed by atoms with E-state index in [0.29, 0.717) is 5.92 Å². The van der Waals surface area contributed by atoms with E-state index >= 15 is 0 Å². The molecule has 0 aliphatic carbocycles. The van der Waals surface area contributed by atoms with Gasteiger partial charge in [-0.2, -0.15) is 0 Å². The Morgan fingerprint density at radius 2 is 1.87 bits per heavy atom. The molecule has 0 N–H and O–H groups in total. The van der Waals surface area contributed by atoms with E-state index in [1.807, 2.05) is 18.6 Å². The molecule has 15 heavy (non-hydrogen) atoms. The van der Waals surface area contributed by atoms with Crippen molar-refractivity contribution < 1.29 is 0 Å². The molecule has 1 rings (SSSR count). The van der Waals surface area contributed by atoms with Crippen LogP contribution in [0, 0.1) is 11.3 Å². The molecule has 1 heterocycles. The highest BCUT2D eigenvalue weighted by Gasteiger charge is 2.27. The molecule has 0 aromatic carbocycles. The quantitative estimate of drug-likeness (QED) is 0.627. The van der Waals surface area contributed by atoms with Gasteiger partial charge in [0.25, 0.3) is 0 Å². The summed E-state index contributed by atoms with van der Waals surface area (Å²) in [5.74, 6) is 0.463. The van der Waals surface area contributed by atoms with Crippen LogP contribution in [0.3, 0.4) is 0 Å². The van der Waals surface area contributed by atoms with Crippen LogP contribution >= 0.6 is 0 Å². The average Bonchev–Trinajstić information content (AvgIpc) is 2.26. The SMILES string of the molecule is CC(C)C1(C)C=NC=C(C(C)(C)C)C=N1. The topological polar surface area (TPSA) is 24.7 Å². The van der Waals surface area contributed by atoms with Crippen LogP contribution in [-0.4, -0.2) is 18.0 Å². The van der Waals surface area contributed by atoms with Gasteiger partial charge >= 0.3 is 0 Å². The van der Waals surface area contributed by atoms with Crippen molar-refractivity contribution in [2.75, 3.05) is 0 Å². The molecule has 1 atom stereocenters. The molecule has 1 unspecified atom stereocenters. The average molecular weight is 206 g/mol. The van der Waals surface area contributed by atoms with Gasteiger partial charge in [-0.15, -0.1) is 0 Å². The van der Waals surface area contributed by atoms with E-state index in [2.05, 4.69) is 51.5 Å². The van der Waals surface area contributed by atoms with Crippen LogP contribution in [0.15, 0.2) is 21.8 Å². The summed E-state index contributed by atoms with van der Waals surface area (Å²) in [7, 11) is 0. The van der Waals surface area contributed by atoms with E-state index in [1.165, 1.54) is 5.57 Å². The van der Waals surface area contributed by atoms with Crippen LogP contribution in [0.2, 0.25) is 0 Å². The maximum atomic E-state index is 4.66. The number of rotatable bonds is 1. The largest absolute Gasteiger partial charge is 0.280 e. The third-order valence-corrected chi connectivity index (χ3v) is 3.07. The number of hydrogen-bond acceptors (Lipinski definition) is 2. The Morgan fingerprint density at radius 1 is 1.27 bits per heavy atom. The lowest BCUT2D eigenvalue weighted by Gasteiger charge is -2.24. The van der Waals surface area contributed by atoms with E-state index in [9.17, 15) is 0 Å². The first-order valence-corrected chi connectivity index (χ1v) is 5.56. The molecule has 84 valence electrons. The number of nitrogens with zero attached hydrogens (tertiary/aromatic N) is 2. The first-order chi connectivity index (χ1) is 6.76. The fraction of sp³-hybridized carbons (Fsp3) is 0.692. The Bertz CT molecular complexity index is 316. The third-order valence-electron chi connectivity index (χ3n) is 3.07. The van der Waals surface area contributed by atoms with Crippen molar-refractivity contribution in [1.29, 1.82) is 0 Å². The van der Waals surface area contributed by atoms with E-state index in [1.54, 1.807) is 0 Å². The van der Waals surface area contributed by atoms with Gasteiger partial charge in [0.15, 0.2) is 0 Å². The van der Waals surface area contributed by atoms with Crippen LogP contribution in [-0.2, 0) is 0 Å². The van der Waals surface area contributed by atoms with Gasteiger partial charge in [0.1, 0.15) is 0 Å². The second-order valence-corrected chi connectivity index (χ2v) is 5.75. The summed E-state index contributed by atoms with van der Waals surface area (Å²) in [6, 6.07) is 0. The molecule has 0 amide bonds. The van der Waals surface area contributed by atoms with Gasteiger partial charge in [-0.05, 0) is 23.8 Å². The maximum Gasteiger partial charge on any atom is 0.0951 e. The van der Waals surface area contributed by atoms with Gasteiger partial charge in [-0.1, -0.05) is 34.6 Å². The Morgan fingerprint density at radius 3 is 2.33 bits per heavy atom. The van der Waals surface area contributed by atoms with Crippen LogP contribution in [0.4, 0.5) is 0 Å². The molecular weight excluding hydrogens is 184 g/mol. The van der Waals surface area contributed by atoms with Gasteiger partial charge in [-0.25, -0.2) is 0 Å². The summed E-state index contributed by atoms with van der Waals surface area (Å²) in [5, 5.41) is 0. The highest BCUT2D eigenvalue weighted by Crippen LogP contribution is 2.27. The van der Waals surface area contributed by atoms with Gasteiger partial charge in [0, 0.05) is 18.6 Å². The minimum Gasteiger partial charge on any atom is -0.280 e. The molecule has 1 aliphatic rings. The number of aliphatic imine (C=N–C) groups is 2. The lowest BCUT2D eigenvalue weighted by molar-refractivity contribution is 0.460. The molecule has 0 bridgehead atoms. The van der Waals surface area contributed by atoms with Crippen molar-refractivity contribution in [1.82, 2.24) is 0 Å². The molecule has 0 spiro atoms. The molecule has 1 aliphatic heterocycles. The normalized spacial score (nSPS) is 26.7. The van der Waals surface area contributed by atoms with E-state index in [4.69, 9.17) is 0 Å². The van der Waals surface area contributed by atoms with Crippen molar-refractivity contribution in [2.24, 2.45) is 21.3 Å². The molecular formula is C13H22N2.